The van der Waals surface area contributed by atoms with Gasteiger partial charge >= 0.3 is 5.97 Å². The van der Waals surface area contributed by atoms with Crippen molar-refractivity contribution >= 4 is 5.97 Å². The molecule has 0 unspecified atom stereocenters. The quantitative estimate of drug-likeness (QED) is 0.367. The predicted molar refractivity (Wildman–Crippen MR) is 54.3 cm³/mol. The van der Waals surface area contributed by atoms with E-state index >= 15 is 0 Å². The van der Waals surface area contributed by atoms with Gasteiger partial charge in [0.05, 0.1) is 13.5 Å². The Kier molecular flexibility index (Phi) is 7.61. The first-order valence-electron chi connectivity index (χ1n) is 4.58. The van der Waals surface area contributed by atoms with Crippen molar-refractivity contribution in [3.05, 3.63) is 18.8 Å². The number of aliphatic hydroxyl groups excluding tert-OH is 2. The highest BCUT2D eigenvalue weighted by molar-refractivity contribution is 5.79. The van der Waals surface area contributed by atoms with E-state index in [1.165, 1.54) is 11.1 Å². The average molecular weight is 217 g/mol. The van der Waals surface area contributed by atoms with Gasteiger partial charge in [0.25, 0.3) is 0 Å². The first-order chi connectivity index (χ1) is 7.13. The van der Waals surface area contributed by atoms with Gasteiger partial charge in [-0.1, -0.05) is 0 Å². The second-order valence-corrected chi connectivity index (χ2v) is 2.80. The minimum absolute atomic E-state index is 0.267. The lowest BCUT2D eigenvalue weighted by Crippen LogP contribution is -2.30. The van der Waals surface area contributed by atoms with Crippen LogP contribution in [0.1, 0.15) is 6.92 Å². The number of hydrogen-bond acceptors (Lipinski definition) is 5. The molecule has 87 valence electrons. The lowest BCUT2D eigenvalue weighted by molar-refractivity contribution is -0.131. The molecule has 6 nitrogen and oxygen atoms in total. The van der Waals surface area contributed by atoms with Crippen LogP contribution in [-0.2, 0) is 4.79 Å². The van der Waals surface area contributed by atoms with Crippen LogP contribution in [0.5, 0.6) is 0 Å². The molecule has 6 heteroatoms. The molecule has 0 aromatic heterocycles. The summed E-state index contributed by atoms with van der Waals surface area (Å²) in [5, 5.41) is 25.9. The van der Waals surface area contributed by atoms with Crippen LogP contribution in [0.3, 0.4) is 0 Å². The zero-order valence-corrected chi connectivity index (χ0v) is 8.70. The molecule has 0 fully saturated rings. The summed E-state index contributed by atoms with van der Waals surface area (Å²) < 4.78 is 0. The Balaban J connectivity index is 3.94. The normalized spacial score (nSPS) is 11.2. The van der Waals surface area contributed by atoms with E-state index in [2.05, 4.69) is 0 Å². The Morgan fingerprint density at radius 1 is 1.27 bits per heavy atom. The average Bonchev–Trinajstić information content (AvgIpc) is 2.23. The Labute approximate surface area is 89.0 Å². The van der Waals surface area contributed by atoms with Crippen LogP contribution in [0.2, 0.25) is 0 Å². The van der Waals surface area contributed by atoms with Gasteiger partial charge in [-0.25, -0.2) is 4.79 Å². The molecule has 0 bridgehead atoms. The van der Waals surface area contributed by atoms with Gasteiger partial charge in [0.2, 0.25) is 0 Å². The molecule has 0 aliphatic heterocycles. The van der Waals surface area contributed by atoms with Crippen LogP contribution in [0.15, 0.2) is 12.3 Å². The number of aliphatic hydroxyl groups is 2. The maximum atomic E-state index is 10.3. The molecule has 0 spiro atoms. The first-order valence-corrected chi connectivity index (χ1v) is 4.58. The predicted octanol–water partition coefficient (Wildman–Crippen LogP) is -0.730. The maximum Gasteiger partial charge on any atom is 0.329 e. The molecule has 1 radical (unpaired) electrons. The fraction of sp³-hybridized carbons (Fsp3) is 0.556. The van der Waals surface area contributed by atoms with Crippen LogP contribution in [-0.4, -0.2) is 57.6 Å². The lowest BCUT2D eigenvalue weighted by Gasteiger charge is -2.22. The monoisotopic (exact) mass is 217 g/mol. The maximum absolute atomic E-state index is 10.3. The van der Waals surface area contributed by atoms with Gasteiger partial charge in [-0.05, 0) is 6.92 Å². The number of carboxylic acids is 1. The summed E-state index contributed by atoms with van der Waals surface area (Å²) in [7, 11) is 0. The highest BCUT2D eigenvalue weighted by Gasteiger charge is 2.03. The van der Waals surface area contributed by atoms with Crippen molar-refractivity contribution in [2.45, 2.75) is 6.92 Å². The number of nitrogens with zero attached hydrogens (tertiary/aromatic N) is 2. The summed E-state index contributed by atoms with van der Waals surface area (Å²) in [6.07, 6.45) is 2.49. The summed E-state index contributed by atoms with van der Waals surface area (Å²) in [6, 6.07) is 0. The number of hydrogen-bond donors (Lipinski definition) is 3. The molecule has 0 rings (SSSR count). The zero-order chi connectivity index (χ0) is 11.7. The van der Waals surface area contributed by atoms with Gasteiger partial charge in [0, 0.05) is 31.9 Å². The van der Waals surface area contributed by atoms with Crippen LogP contribution in [0.25, 0.3) is 0 Å². The van der Waals surface area contributed by atoms with E-state index in [1.807, 2.05) is 6.92 Å². The molecule has 0 atom stereocenters. The van der Waals surface area contributed by atoms with E-state index in [0.717, 1.165) is 6.08 Å². The highest BCUT2D eigenvalue weighted by Crippen LogP contribution is 1.96. The molecule has 0 aromatic carbocycles. The Morgan fingerprint density at radius 2 is 1.87 bits per heavy atom. The second kappa shape index (κ2) is 8.22. The van der Waals surface area contributed by atoms with Gasteiger partial charge in [0.1, 0.15) is 0 Å². The van der Waals surface area contributed by atoms with E-state index in [0.29, 0.717) is 13.1 Å². The smallest absolute Gasteiger partial charge is 0.329 e. The largest absolute Gasteiger partial charge is 0.478 e. The van der Waals surface area contributed by atoms with Crippen LogP contribution < -0.4 is 0 Å². The van der Waals surface area contributed by atoms with Crippen molar-refractivity contribution in [3.8, 4) is 0 Å². The second-order valence-electron chi connectivity index (χ2n) is 2.80. The molecule has 0 aliphatic carbocycles. The fourth-order valence-electron chi connectivity index (χ4n) is 0.845. The molecule has 15 heavy (non-hydrogen) atoms. The first kappa shape index (κ1) is 13.9. The summed E-state index contributed by atoms with van der Waals surface area (Å²) in [6.45, 7) is 4.01. The molecular weight excluding hydrogens is 200 g/mol. The Morgan fingerprint density at radius 3 is 2.27 bits per heavy atom. The van der Waals surface area contributed by atoms with E-state index < -0.39 is 5.97 Å². The third-order valence-electron chi connectivity index (χ3n) is 1.77. The summed E-state index contributed by atoms with van der Waals surface area (Å²) >= 11 is 0. The van der Waals surface area contributed by atoms with Crippen LogP contribution in [0.4, 0.5) is 0 Å². The molecule has 3 N–H and O–H groups in total. The van der Waals surface area contributed by atoms with Gasteiger partial charge in [-0.3, -0.25) is 4.90 Å². The van der Waals surface area contributed by atoms with Crippen molar-refractivity contribution in [2.24, 2.45) is 0 Å². The van der Waals surface area contributed by atoms with Gasteiger partial charge < -0.3 is 20.2 Å². The molecule has 0 aliphatic rings. The van der Waals surface area contributed by atoms with Crippen molar-refractivity contribution in [3.63, 3.8) is 0 Å². The van der Waals surface area contributed by atoms with Crippen LogP contribution in [0, 0.1) is 6.54 Å². The zero-order valence-electron chi connectivity index (χ0n) is 8.70. The number of aliphatic carboxylic acids is 1. The standard InChI is InChI=1S/C9H17N2O4/c1-2-10(4-3-9(14)15)5-6-11(7-12)8-13/h3-4,6,12-13H,2,5,7-8H2,1H3,(H,14,15). The minimum Gasteiger partial charge on any atom is -0.478 e. The molecule has 0 heterocycles. The van der Waals surface area contributed by atoms with Gasteiger partial charge in [-0.2, -0.15) is 0 Å². The van der Waals surface area contributed by atoms with E-state index in [9.17, 15) is 4.79 Å². The minimum atomic E-state index is -1.00. The van der Waals surface area contributed by atoms with E-state index in [4.69, 9.17) is 15.3 Å². The summed E-state index contributed by atoms with van der Waals surface area (Å²) in [4.78, 5) is 13.3. The number of carbonyl (C=O) groups is 1. The fourth-order valence-corrected chi connectivity index (χ4v) is 0.845. The number of carboxylic acid groups (broad SMARTS) is 1. The van der Waals surface area contributed by atoms with Crippen molar-refractivity contribution in [2.75, 3.05) is 26.6 Å². The highest BCUT2D eigenvalue weighted by atomic mass is 16.4. The number of rotatable bonds is 8. The third kappa shape index (κ3) is 6.89. The molecule has 0 saturated heterocycles. The number of likely N-dealkylation sites (N-methyl/N-ethyl adjacent to an activating group) is 1. The summed E-state index contributed by atoms with van der Waals surface area (Å²) in [5.74, 6) is -1.00. The van der Waals surface area contributed by atoms with Gasteiger partial charge in [-0.15, -0.1) is 0 Å². The summed E-state index contributed by atoms with van der Waals surface area (Å²) in [5.41, 5.74) is 0. The molecule has 0 amide bonds. The Hall–Kier alpha value is -1.11. The van der Waals surface area contributed by atoms with Crippen LogP contribution >= 0.6 is 0 Å². The van der Waals surface area contributed by atoms with Gasteiger partial charge in [0.15, 0.2) is 0 Å². The van der Waals surface area contributed by atoms with E-state index in [1.54, 1.807) is 11.4 Å². The molecule has 0 saturated carbocycles. The Bertz CT molecular complexity index is 204. The van der Waals surface area contributed by atoms with Crippen molar-refractivity contribution < 1.29 is 20.1 Å². The SMILES string of the molecule is CCN(C=CC(=O)O)C[CH]N(CO)CO. The van der Waals surface area contributed by atoms with E-state index in [-0.39, 0.29) is 13.5 Å². The molecular formula is C9H17N2O4. The topological polar surface area (TPSA) is 84.2 Å². The third-order valence-corrected chi connectivity index (χ3v) is 1.77. The van der Waals surface area contributed by atoms with Crippen molar-refractivity contribution in [1.29, 1.82) is 0 Å². The molecule has 0 aromatic rings. The lowest BCUT2D eigenvalue weighted by atomic mass is 10.4. The van der Waals surface area contributed by atoms with Crippen molar-refractivity contribution in [1.82, 2.24) is 9.80 Å².